The van der Waals surface area contributed by atoms with Crippen molar-refractivity contribution in [2.75, 3.05) is 39.3 Å². The van der Waals surface area contributed by atoms with Crippen molar-refractivity contribution in [1.29, 1.82) is 0 Å². The van der Waals surface area contributed by atoms with Crippen LogP contribution in [0.1, 0.15) is 12.8 Å². The molecule has 0 amide bonds. The Morgan fingerprint density at radius 2 is 1.74 bits per heavy atom. The Kier molecular flexibility index (Phi) is 5.98. The lowest BCUT2D eigenvalue weighted by Crippen LogP contribution is -2.25. The summed E-state index contributed by atoms with van der Waals surface area (Å²) in [6, 6.07) is 11.1. The minimum absolute atomic E-state index is 0.324. The lowest BCUT2D eigenvalue weighted by Gasteiger charge is -2.17. The molecule has 0 saturated carbocycles. The third kappa shape index (κ3) is 4.22. The summed E-state index contributed by atoms with van der Waals surface area (Å²) in [4.78, 5) is 2.31. The Balaban J connectivity index is 2.30. The summed E-state index contributed by atoms with van der Waals surface area (Å²) in [5, 5.41) is 1.67. The zero-order valence-electron chi connectivity index (χ0n) is 13.9. The Morgan fingerprint density at radius 1 is 1.04 bits per heavy atom. The van der Waals surface area contributed by atoms with E-state index in [1.54, 1.807) is 19.2 Å². The average Bonchev–Trinajstić information content (AvgIpc) is 2.53. The number of hydrogen-bond donors (Lipinski definition) is 1. The van der Waals surface area contributed by atoms with Gasteiger partial charge in [0.05, 0.1) is 4.90 Å². The fraction of sp³-hybridized carbons (Fsp3) is 0.412. The van der Waals surface area contributed by atoms with Gasteiger partial charge >= 0.3 is 0 Å². The zero-order valence-corrected chi connectivity index (χ0v) is 14.7. The lowest BCUT2D eigenvalue weighted by atomic mass is 10.1. The van der Waals surface area contributed by atoms with E-state index in [4.69, 9.17) is 4.74 Å². The predicted octanol–water partition coefficient (Wildman–Crippen LogP) is 2.61. The largest absolute Gasteiger partial charge is 0.385 e. The fourth-order valence-electron chi connectivity index (χ4n) is 2.54. The Morgan fingerprint density at radius 3 is 2.43 bits per heavy atom. The van der Waals surface area contributed by atoms with Crippen LogP contribution in [0.15, 0.2) is 41.3 Å². The fourth-order valence-corrected chi connectivity index (χ4v) is 3.84. The van der Waals surface area contributed by atoms with Crippen molar-refractivity contribution in [2.24, 2.45) is 0 Å². The molecule has 5 nitrogen and oxygen atoms in total. The van der Waals surface area contributed by atoms with E-state index in [2.05, 4.69) is 4.72 Å². The molecule has 0 bridgehead atoms. The molecule has 126 valence electrons. The van der Waals surface area contributed by atoms with Crippen LogP contribution >= 0.6 is 0 Å². The summed E-state index contributed by atoms with van der Waals surface area (Å²) in [6.07, 6.45) is 1.58. The number of fused-ring (bicyclic) bond motifs is 1. The van der Waals surface area contributed by atoms with Crippen LogP contribution in [0.4, 0.5) is 5.69 Å². The van der Waals surface area contributed by atoms with Crippen LogP contribution in [0, 0.1) is 0 Å². The molecule has 2 aromatic rings. The second-order valence-electron chi connectivity index (χ2n) is 5.62. The van der Waals surface area contributed by atoms with E-state index in [0.29, 0.717) is 18.0 Å². The van der Waals surface area contributed by atoms with Gasteiger partial charge < -0.3 is 9.64 Å². The third-order valence-corrected chi connectivity index (χ3v) is 5.22. The van der Waals surface area contributed by atoms with Gasteiger partial charge in [0.2, 0.25) is 10.0 Å². The van der Waals surface area contributed by atoms with Gasteiger partial charge in [0.1, 0.15) is 0 Å². The molecular formula is C17H24N2O3S. The number of anilines is 1. The average molecular weight is 336 g/mol. The molecule has 0 heterocycles. The van der Waals surface area contributed by atoms with Gasteiger partial charge in [0.25, 0.3) is 0 Å². The zero-order chi connectivity index (χ0) is 16.9. The number of hydrogen-bond acceptors (Lipinski definition) is 4. The van der Waals surface area contributed by atoms with Crippen LogP contribution in [-0.2, 0) is 14.8 Å². The number of methoxy groups -OCH3 is 1. The summed E-state index contributed by atoms with van der Waals surface area (Å²) in [7, 11) is 2.01. The molecule has 0 unspecified atom stereocenters. The number of benzene rings is 2. The molecule has 6 heteroatoms. The Bertz CT molecular complexity index is 758. The number of nitrogens with one attached hydrogen (secondary N) is 1. The third-order valence-electron chi connectivity index (χ3n) is 3.70. The molecule has 1 N–H and O–H groups in total. The van der Waals surface area contributed by atoms with E-state index >= 15 is 0 Å². The van der Waals surface area contributed by atoms with Crippen molar-refractivity contribution >= 4 is 26.5 Å². The maximum Gasteiger partial charge on any atom is 0.241 e. The lowest BCUT2D eigenvalue weighted by molar-refractivity contribution is 0.193. The maximum absolute atomic E-state index is 12.6. The van der Waals surface area contributed by atoms with Gasteiger partial charge in [-0.2, -0.15) is 0 Å². The number of sulfonamides is 1. The maximum atomic E-state index is 12.6. The first-order valence-corrected chi connectivity index (χ1v) is 9.13. The summed E-state index contributed by atoms with van der Waals surface area (Å²) in [5.41, 5.74) is 1.000. The standard InChI is InChI=1S/C17H24N2O3S/c1-19(2)16-10-6-9-15-14(16)8-7-11-17(15)23(20,21)18-12-4-5-13-22-3/h6-11,18H,4-5,12-13H2,1-3H3. The molecule has 0 aliphatic rings. The van der Waals surface area contributed by atoms with Crippen LogP contribution in [0.25, 0.3) is 10.8 Å². The molecule has 0 aliphatic carbocycles. The van der Waals surface area contributed by atoms with Crippen molar-refractivity contribution in [2.45, 2.75) is 17.7 Å². The normalized spacial score (nSPS) is 11.8. The van der Waals surface area contributed by atoms with Gasteiger partial charge in [-0.1, -0.05) is 24.3 Å². The van der Waals surface area contributed by atoms with Crippen LogP contribution < -0.4 is 9.62 Å². The Hall–Kier alpha value is -1.63. The second kappa shape index (κ2) is 7.77. The van der Waals surface area contributed by atoms with Crippen LogP contribution in [0.5, 0.6) is 0 Å². The van der Waals surface area contributed by atoms with Crippen LogP contribution in [0.2, 0.25) is 0 Å². The first-order chi connectivity index (χ1) is 11.0. The second-order valence-corrected chi connectivity index (χ2v) is 7.36. The van der Waals surface area contributed by atoms with E-state index in [-0.39, 0.29) is 0 Å². The molecular weight excluding hydrogens is 312 g/mol. The molecule has 0 radical (unpaired) electrons. The van der Waals surface area contributed by atoms with Gasteiger partial charge in [0, 0.05) is 50.8 Å². The summed E-state index contributed by atoms with van der Waals surface area (Å²) in [5.74, 6) is 0. The number of ether oxygens (including phenoxy) is 1. The summed E-state index contributed by atoms with van der Waals surface area (Å²) >= 11 is 0. The smallest absolute Gasteiger partial charge is 0.241 e. The monoisotopic (exact) mass is 336 g/mol. The van der Waals surface area contributed by atoms with Crippen molar-refractivity contribution < 1.29 is 13.2 Å². The highest BCUT2D eigenvalue weighted by atomic mass is 32.2. The van der Waals surface area contributed by atoms with Crippen molar-refractivity contribution in [3.63, 3.8) is 0 Å². The van der Waals surface area contributed by atoms with Crippen molar-refractivity contribution in [3.8, 4) is 0 Å². The molecule has 0 fully saturated rings. The van der Waals surface area contributed by atoms with Crippen LogP contribution in [0.3, 0.4) is 0 Å². The van der Waals surface area contributed by atoms with Gasteiger partial charge in [-0.3, -0.25) is 0 Å². The minimum atomic E-state index is -3.53. The van der Waals surface area contributed by atoms with Crippen LogP contribution in [-0.4, -0.2) is 42.8 Å². The van der Waals surface area contributed by atoms with E-state index in [1.165, 1.54) is 0 Å². The highest BCUT2D eigenvalue weighted by Crippen LogP contribution is 2.29. The van der Waals surface area contributed by atoms with Gasteiger partial charge in [0.15, 0.2) is 0 Å². The van der Waals surface area contributed by atoms with Gasteiger partial charge in [-0.25, -0.2) is 13.1 Å². The molecule has 0 aliphatic heterocycles. The van der Waals surface area contributed by atoms with Crippen molar-refractivity contribution in [3.05, 3.63) is 36.4 Å². The quantitative estimate of drug-likeness (QED) is 0.753. The molecule has 2 rings (SSSR count). The molecule has 0 spiro atoms. The van der Waals surface area contributed by atoms with E-state index < -0.39 is 10.0 Å². The SMILES string of the molecule is COCCCCNS(=O)(=O)c1cccc2c(N(C)C)cccc12. The topological polar surface area (TPSA) is 58.6 Å². The van der Waals surface area contributed by atoms with E-state index in [9.17, 15) is 8.42 Å². The molecule has 0 atom stereocenters. The minimum Gasteiger partial charge on any atom is -0.385 e. The summed E-state index contributed by atoms with van der Waals surface area (Å²) in [6.45, 7) is 1.05. The first kappa shape index (κ1) is 17.7. The van der Waals surface area contributed by atoms with E-state index in [1.807, 2.05) is 43.3 Å². The molecule has 2 aromatic carbocycles. The predicted molar refractivity (Wildman–Crippen MR) is 94.6 cm³/mol. The molecule has 0 saturated heterocycles. The molecule has 0 aromatic heterocycles. The highest BCUT2D eigenvalue weighted by Gasteiger charge is 2.17. The number of nitrogens with zero attached hydrogens (tertiary/aromatic N) is 1. The Labute approximate surface area is 138 Å². The molecule has 23 heavy (non-hydrogen) atoms. The van der Waals surface area contributed by atoms with Gasteiger partial charge in [-0.15, -0.1) is 0 Å². The summed E-state index contributed by atoms with van der Waals surface area (Å²) < 4.78 is 32.9. The number of rotatable bonds is 8. The van der Waals surface area contributed by atoms with Gasteiger partial charge in [-0.05, 0) is 25.0 Å². The van der Waals surface area contributed by atoms with E-state index in [0.717, 1.165) is 29.3 Å². The first-order valence-electron chi connectivity index (χ1n) is 7.65. The number of unbranched alkanes of at least 4 members (excludes halogenated alkanes) is 1. The highest BCUT2D eigenvalue weighted by molar-refractivity contribution is 7.89. The van der Waals surface area contributed by atoms with Crippen molar-refractivity contribution in [1.82, 2.24) is 4.72 Å².